The monoisotopic (exact) mass is 410 g/mol. The van der Waals surface area contributed by atoms with E-state index >= 15 is 0 Å². The molecule has 1 nitrogen and oxygen atoms in total. The lowest BCUT2D eigenvalue weighted by Crippen LogP contribution is -2.10. The Balaban J connectivity index is 2.36. The smallest absolute Gasteiger partial charge is 0.123 e. The third-order valence-corrected chi connectivity index (χ3v) is 5.05. The Kier molecular flexibility index (Phi) is 5.15. The average molecular weight is 412 g/mol. The second-order valence-electron chi connectivity index (χ2n) is 6.12. The van der Waals surface area contributed by atoms with E-state index < -0.39 is 0 Å². The molecule has 0 radical (unpaired) electrons. The summed E-state index contributed by atoms with van der Waals surface area (Å²) in [6, 6.07) is 14.8. The molecule has 0 heterocycles. The molecular formula is C18H20Br2O. The summed E-state index contributed by atoms with van der Waals surface area (Å²) in [5.74, 6) is 0.889. The minimum atomic E-state index is 0.110. The van der Waals surface area contributed by atoms with Gasteiger partial charge in [-0.1, -0.05) is 76.9 Å². The molecule has 0 spiro atoms. The van der Waals surface area contributed by atoms with Crippen LogP contribution in [-0.2, 0) is 5.41 Å². The Morgan fingerprint density at radius 1 is 1.00 bits per heavy atom. The maximum Gasteiger partial charge on any atom is 0.123 e. The Hall–Kier alpha value is -0.800. The van der Waals surface area contributed by atoms with Crippen molar-refractivity contribution in [2.45, 2.75) is 31.0 Å². The van der Waals surface area contributed by atoms with Crippen LogP contribution >= 0.6 is 31.9 Å². The highest BCUT2D eigenvalue weighted by Crippen LogP contribution is 2.38. The lowest BCUT2D eigenvalue weighted by molar-refractivity contribution is 0.410. The molecule has 3 heteroatoms. The molecule has 0 saturated heterocycles. The molecule has 0 aliphatic carbocycles. The van der Waals surface area contributed by atoms with Crippen LogP contribution in [-0.4, -0.2) is 7.11 Å². The van der Waals surface area contributed by atoms with Gasteiger partial charge in [0.15, 0.2) is 0 Å². The molecule has 0 amide bonds. The van der Waals surface area contributed by atoms with Crippen molar-refractivity contribution in [2.24, 2.45) is 0 Å². The number of benzene rings is 2. The maximum atomic E-state index is 5.47. The normalized spacial score (nSPS) is 13.0. The molecule has 1 unspecified atom stereocenters. The zero-order valence-electron chi connectivity index (χ0n) is 12.8. The summed E-state index contributed by atoms with van der Waals surface area (Å²) < 4.78 is 6.52. The largest absolute Gasteiger partial charge is 0.496 e. The van der Waals surface area contributed by atoms with Crippen LogP contribution in [0.15, 0.2) is 46.9 Å². The molecule has 0 N–H and O–H groups in total. The van der Waals surface area contributed by atoms with Crippen LogP contribution in [0.3, 0.4) is 0 Å². The van der Waals surface area contributed by atoms with Crippen molar-refractivity contribution >= 4 is 31.9 Å². The minimum absolute atomic E-state index is 0.110. The number of ether oxygens (including phenoxy) is 1. The van der Waals surface area contributed by atoms with Crippen molar-refractivity contribution in [3.63, 3.8) is 0 Å². The second-order valence-corrected chi connectivity index (χ2v) is 7.95. The van der Waals surface area contributed by atoms with Gasteiger partial charge in [0.05, 0.1) is 11.9 Å². The Morgan fingerprint density at radius 3 is 2.14 bits per heavy atom. The van der Waals surface area contributed by atoms with Crippen molar-refractivity contribution in [1.82, 2.24) is 0 Å². The number of hydrogen-bond acceptors (Lipinski definition) is 1. The van der Waals surface area contributed by atoms with Crippen molar-refractivity contribution in [3.05, 3.63) is 63.6 Å². The fraction of sp³-hybridized carbons (Fsp3) is 0.333. The molecule has 1 atom stereocenters. The highest BCUT2D eigenvalue weighted by Gasteiger charge is 2.18. The van der Waals surface area contributed by atoms with Crippen LogP contribution < -0.4 is 4.74 Å². The maximum absolute atomic E-state index is 5.47. The van der Waals surface area contributed by atoms with Crippen molar-refractivity contribution < 1.29 is 4.74 Å². The molecule has 112 valence electrons. The van der Waals surface area contributed by atoms with Gasteiger partial charge in [-0.25, -0.2) is 0 Å². The zero-order chi connectivity index (χ0) is 15.6. The van der Waals surface area contributed by atoms with Gasteiger partial charge < -0.3 is 4.74 Å². The predicted molar refractivity (Wildman–Crippen MR) is 96.6 cm³/mol. The number of rotatable bonds is 3. The minimum Gasteiger partial charge on any atom is -0.496 e. The van der Waals surface area contributed by atoms with Gasteiger partial charge in [-0.05, 0) is 34.7 Å². The van der Waals surface area contributed by atoms with Gasteiger partial charge in [0.2, 0.25) is 0 Å². The summed E-state index contributed by atoms with van der Waals surface area (Å²) in [6.45, 7) is 6.68. The van der Waals surface area contributed by atoms with Crippen molar-refractivity contribution in [2.75, 3.05) is 7.11 Å². The van der Waals surface area contributed by atoms with Crippen LogP contribution in [0.2, 0.25) is 0 Å². The van der Waals surface area contributed by atoms with Crippen LogP contribution in [0.4, 0.5) is 0 Å². The van der Waals surface area contributed by atoms with E-state index in [2.05, 4.69) is 83.0 Å². The van der Waals surface area contributed by atoms with Gasteiger partial charge in [-0.3, -0.25) is 0 Å². The Morgan fingerprint density at radius 2 is 1.62 bits per heavy atom. The highest BCUT2D eigenvalue weighted by molar-refractivity contribution is 9.10. The van der Waals surface area contributed by atoms with Gasteiger partial charge in [0.25, 0.3) is 0 Å². The molecule has 0 saturated carbocycles. The molecular weight excluding hydrogens is 392 g/mol. The van der Waals surface area contributed by atoms with E-state index in [1.165, 1.54) is 11.1 Å². The third kappa shape index (κ3) is 3.89. The average Bonchev–Trinajstić information content (AvgIpc) is 2.45. The van der Waals surface area contributed by atoms with Gasteiger partial charge in [0.1, 0.15) is 5.75 Å². The standard InChI is InChI=1S/C18H20Br2O/c1-18(2,3)13-7-5-12(6-8-13)17(20)15-11-14(19)9-10-16(15)21-4/h5-11,17H,1-4H3. The predicted octanol–water partition coefficient (Wildman–Crippen LogP) is 6.24. The molecule has 21 heavy (non-hydrogen) atoms. The molecule has 0 aliphatic heterocycles. The van der Waals surface area contributed by atoms with E-state index in [1.54, 1.807) is 7.11 Å². The Labute approximate surface area is 144 Å². The van der Waals surface area contributed by atoms with Crippen molar-refractivity contribution in [1.29, 1.82) is 0 Å². The summed E-state index contributed by atoms with van der Waals surface area (Å²) in [6.07, 6.45) is 0. The lowest BCUT2D eigenvalue weighted by atomic mass is 9.86. The molecule has 2 aromatic rings. The van der Waals surface area contributed by atoms with E-state index in [4.69, 9.17) is 4.74 Å². The van der Waals surface area contributed by atoms with E-state index in [0.717, 1.165) is 15.8 Å². The quantitative estimate of drug-likeness (QED) is 0.543. The van der Waals surface area contributed by atoms with Gasteiger partial charge in [0, 0.05) is 10.0 Å². The fourth-order valence-electron chi connectivity index (χ4n) is 2.23. The van der Waals surface area contributed by atoms with E-state index in [0.29, 0.717) is 0 Å². The van der Waals surface area contributed by atoms with Gasteiger partial charge >= 0.3 is 0 Å². The van der Waals surface area contributed by atoms with Crippen LogP contribution in [0, 0.1) is 0 Å². The highest BCUT2D eigenvalue weighted by atomic mass is 79.9. The molecule has 2 rings (SSSR count). The van der Waals surface area contributed by atoms with Crippen molar-refractivity contribution in [3.8, 4) is 5.75 Å². The van der Waals surface area contributed by atoms with E-state index in [-0.39, 0.29) is 10.2 Å². The first kappa shape index (κ1) is 16.6. The summed E-state index contributed by atoms with van der Waals surface area (Å²) in [4.78, 5) is 0.110. The van der Waals surface area contributed by atoms with Gasteiger partial charge in [-0.2, -0.15) is 0 Å². The molecule has 0 fully saturated rings. The van der Waals surface area contributed by atoms with Gasteiger partial charge in [-0.15, -0.1) is 0 Å². The number of methoxy groups -OCH3 is 1. The number of halogens is 2. The second kappa shape index (κ2) is 6.53. The summed E-state index contributed by atoms with van der Waals surface area (Å²) in [5.41, 5.74) is 3.86. The van der Waals surface area contributed by atoms with Crippen LogP contribution in [0.1, 0.15) is 42.3 Å². The first-order valence-electron chi connectivity index (χ1n) is 6.91. The first-order chi connectivity index (χ1) is 9.82. The SMILES string of the molecule is COc1ccc(Br)cc1C(Br)c1ccc(C(C)(C)C)cc1. The molecule has 2 aromatic carbocycles. The van der Waals surface area contributed by atoms with E-state index in [1.807, 2.05) is 12.1 Å². The van der Waals surface area contributed by atoms with Crippen LogP contribution in [0.5, 0.6) is 5.75 Å². The Bertz CT molecular complexity index is 612. The third-order valence-electron chi connectivity index (χ3n) is 3.53. The van der Waals surface area contributed by atoms with E-state index in [9.17, 15) is 0 Å². The summed E-state index contributed by atoms with van der Waals surface area (Å²) in [7, 11) is 1.70. The summed E-state index contributed by atoms with van der Waals surface area (Å²) in [5, 5.41) is 0. The number of alkyl halides is 1. The summed E-state index contributed by atoms with van der Waals surface area (Å²) >= 11 is 7.32. The first-order valence-corrected chi connectivity index (χ1v) is 8.61. The molecule has 0 bridgehead atoms. The molecule has 0 aliphatic rings. The zero-order valence-corrected chi connectivity index (χ0v) is 16.0. The topological polar surface area (TPSA) is 9.23 Å². The molecule has 0 aromatic heterocycles. The lowest BCUT2D eigenvalue weighted by Gasteiger charge is -2.20. The number of hydrogen-bond donors (Lipinski definition) is 0. The fourth-order valence-corrected chi connectivity index (χ4v) is 3.28. The van der Waals surface area contributed by atoms with Crippen LogP contribution in [0.25, 0.3) is 0 Å².